The summed E-state index contributed by atoms with van der Waals surface area (Å²) in [5, 5.41) is 6.65. The Morgan fingerprint density at radius 2 is 2.06 bits per heavy atom. The molecule has 4 nitrogen and oxygen atoms in total. The molecule has 0 aromatic carbocycles. The van der Waals surface area contributed by atoms with Crippen LogP contribution in [0.1, 0.15) is 26.7 Å². The van der Waals surface area contributed by atoms with Crippen molar-refractivity contribution in [3.63, 3.8) is 0 Å². The second-order valence-corrected chi connectivity index (χ2v) is 6.22. The highest BCUT2D eigenvalue weighted by atomic mass is 16.2. The highest BCUT2D eigenvalue weighted by molar-refractivity contribution is 5.79. The zero-order valence-corrected chi connectivity index (χ0v) is 11.9. The van der Waals surface area contributed by atoms with Gasteiger partial charge >= 0.3 is 0 Å². The summed E-state index contributed by atoms with van der Waals surface area (Å²) in [5.41, 5.74) is 0. The highest BCUT2D eigenvalue weighted by Gasteiger charge is 2.31. The number of carbonyl (C=O) groups is 1. The number of amides is 1. The predicted octanol–water partition coefficient (Wildman–Crippen LogP) is 0.688. The number of likely N-dealkylation sites (tertiary alicyclic amines) is 1. The molecular weight excluding hydrogens is 226 g/mol. The quantitative estimate of drug-likeness (QED) is 0.761. The van der Waals surface area contributed by atoms with E-state index in [1.54, 1.807) is 0 Å². The van der Waals surface area contributed by atoms with Gasteiger partial charge in [-0.3, -0.25) is 4.79 Å². The standard InChI is InChI=1S/C14H27N3O/c1-10-8-15-6-4-12(10)14(18)16-13-5-7-17(3)9-11(13)2/h10-13,15H,4-9H2,1-3H3,(H,16,18). The fourth-order valence-electron chi connectivity index (χ4n) is 3.26. The van der Waals surface area contributed by atoms with Gasteiger partial charge in [-0.15, -0.1) is 0 Å². The van der Waals surface area contributed by atoms with Crippen LogP contribution in [0.15, 0.2) is 0 Å². The van der Waals surface area contributed by atoms with Crippen LogP contribution in [0.3, 0.4) is 0 Å². The van der Waals surface area contributed by atoms with Crippen molar-refractivity contribution in [2.45, 2.75) is 32.7 Å². The Labute approximate surface area is 110 Å². The number of hydrogen-bond donors (Lipinski definition) is 2. The minimum atomic E-state index is 0.207. The molecule has 2 aliphatic rings. The van der Waals surface area contributed by atoms with Crippen LogP contribution in [0.2, 0.25) is 0 Å². The molecular formula is C14H27N3O. The molecule has 104 valence electrons. The van der Waals surface area contributed by atoms with E-state index < -0.39 is 0 Å². The lowest BCUT2D eigenvalue weighted by atomic mass is 9.86. The number of nitrogens with one attached hydrogen (secondary N) is 2. The van der Waals surface area contributed by atoms with E-state index in [1.165, 1.54) is 0 Å². The van der Waals surface area contributed by atoms with Gasteiger partial charge in [-0.25, -0.2) is 0 Å². The Balaban J connectivity index is 1.86. The number of rotatable bonds is 2. The fourth-order valence-corrected chi connectivity index (χ4v) is 3.26. The van der Waals surface area contributed by atoms with Crippen LogP contribution in [0.4, 0.5) is 0 Å². The Bertz CT molecular complexity index is 295. The second kappa shape index (κ2) is 6.02. The summed E-state index contributed by atoms with van der Waals surface area (Å²) in [6.45, 7) is 8.55. The molecule has 0 radical (unpaired) electrons. The molecule has 18 heavy (non-hydrogen) atoms. The first kappa shape index (κ1) is 13.8. The number of nitrogens with zero attached hydrogens (tertiary/aromatic N) is 1. The van der Waals surface area contributed by atoms with E-state index in [4.69, 9.17) is 0 Å². The van der Waals surface area contributed by atoms with E-state index in [1.807, 2.05) is 0 Å². The normalized spacial score (nSPS) is 38.4. The van der Waals surface area contributed by atoms with Crippen LogP contribution in [0.5, 0.6) is 0 Å². The lowest BCUT2D eigenvalue weighted by Gasteiger charge is -2.37. The fraction of sp³-hybridized carbons (Fsp3) is 0.929. The van der Waals surface area contributed by atoms with E-state index >= 15 is 0 Å². The average molecular weight is 253 g/mol. The van der Waals surface area contributed by atoms with Crippen molar-refractivity contribution < 1.29 is 4.79 Å². The summed E-state index contributed by atoms with van der Waals surface area (Å²) in [4.78, 5) is 14.7. The first-order chi connectivity index (χ1) is 8.58. The van der Waals surface area contributed by atoms with Gasteiger partial charge in [0.25, 0.3) is 0 Å². The van der Waals surface area contributed by atoms with E-state index in [0.717, 1.165) is 39.0 Å². The van der Waals surface area contributed by atoms with E-state index in [-0.39, 0.29) is 11.8 Å². The molecule has 2 aliphatic heterocycles. The minimum Gasteiger partial charge on any atom is -0.353 e. The van der Waals surface area contributed by atoms with Crippen molar-refractivity contribution in [2.75, 3.05) is 33.2 Å². The summed E-state index contributed by atoms with van der Waals surface area (Å²) < 4.78 is 0. The van der Waals surface area contributed by atoms with Crippen LogP contribution in [-0.2, 0) is 4.79 Å². The maximum atomic E-state index is 12.4. The first-order valence-corrected chi connectivity index (χ1v) is 7.27. The molecule has 2 saturated heterocycles. The van der Waals surface area contributed by atoms with Gasteiger partial charge in [-0.1, -0.05) is 13.8 Å². The van der Waals surface area contributed by atoms with Crippen molar-refractivity contribution in [3.8, 4) is 0 Å². The largest absolute Gasteiger partial charge is 0.353 e. The van der Waals surface area contributed by atoms with Gasteiger partial charge < -0.3 is 15.5 Å². The van der Waals surface area contributed by atoms with Gasteiger partial charge in [0.1, 0.15) is 0 Å². The van der Waals surface area contributed by atoms with E-state index in [0.29, 0.717) is 17.9 Å². The number of hydrogen-bond acceptors (Lipinski definition) is 3. The van der Waals surface area contributed by atoms with Crippen molar-refractivity contribution in [1.29, 1.82) is 0 Å². The van der Waals surface area contributed by atoms with Gasteiger partial charge in [0.15, 0.2) is 0 Å². The van der Waals surface area contributed by atoms with Crippen molar-refractivity contribution in [3.05, 3.63) is 0 Å². The highest BCUT2D eigenvalue weighted by Crippen LogP contribution is 2.21. The van der Waals surface area contributed by atoms with Gasteiger partial charge in [-0.2, -0.15) is 0 Å². The maximum absolute atomic E-state index is 12.4. The maximum Gasteiger partial charge on any atom is 0.223 e. The Hall–Kier alpha value is -0.610. The molecule has 4 heteroatoms. The van der Waals surface area contributed by atoms with Crippen LogP contribution < -0.4 is 10.6 Å². The van der Waals surface area contributed by atoms with Gasteiger partial charge in [0.2, 0.25) is 5.91 Å². The second-order valence-electron chi connectivity index (χ2n) is 6.22. The van der Waals surface area contributed by atoms with Crippen LogP contribution in [0, 0.1) is 17.8 Å². The van der Waals surface area contributed by atoms with Gasteiger partial charge in [0, 0.05) is 18.5 Å². The average Bonchev–Trinajstić information content (AvgIpc) is 2.33. The van der Waals surface area contributed by atoms with E-state index in [9.17, 15) is 4.79 Å². The lowest BCUT2D eigenvalue weighted by molar-refractivity contribution is -0.128. The third-order valence-electron chi connectivity index (χ3n) is 4.56. The topological polar surface area (TPSA) is 44.4 Å². The van der Waals surface area contributed by atoms with Crippen LogP contribution >= 0.6 is 0 Å². The molecule has 2 N–H and O–H groups in total. The molecule has 0 bridgehead atoms. The summed E-state index contributed by atoms with van der Waals surface area (Å²) in [7, 11) is 2.16. The predicted molar refractivity (Wildman–Crippen MR) is 73.3 cm³/mol. The van der Waals surface area contributed by atoms with Gasteiger partial charge in [0.05, 0.1) is 0 Å². The van der Waals surface area contributed by atoms with Crippen LogP contribution in [0.25, 0.3) is 0 Å². The molecule has 0 spiro atoms. The Morgan fingerprint density at radius 3 is 2.72 bits per heavy atom. The molecule has 0 aromatic heterocycles. The van der Waals surface area contributed by atoms with Gasteiger partial charge in [-0.05, 0) is 51.4 Å². The third-order valence-corrected chi connectivity index (χ3v) is 4.56. The Kier molecular flexibility index (Phi) is 4.62. The number of carbonyl (C=O) groups excluding carboxylic acids is 1. The van der Waals surface area contributed by atoms with Crippen molar-refractivity contribution >= 4 is 5.91 Å². The molecule has 0 saturated carbocycles. The van der Waals surface area contributed by atoms with Crippen LogP contribution in [-0.4, -0.2) is 50.1 Å². The lowest BCUT2D eigenvalue weighted by Crippen LogP contribution is -2.52. The Morgan fingerprint density at radius 1 is 1.28 bits per heavy atom. The molecule has 0 aliphatic carbocycles. The zero-order valence-electron chi connectivity index (χ0n) is 11.9. The van der Waals surface area contributed by atoms with E-state index in [2.05, 4.69) is 36.4 Å². The molecule has 2 heterocycles. The zero-order chi connectivity index (χ0) is 13.1. The van der Waals surface area contributed by atoms with Crippen molar-refractivity contribution in [2.24, 2.45) is 17.8 Å². The smallest absolute Gasteiger partial charge is 0.223 e. The monoisotopic (exact) mass is 253 g/mol. The van der Waals surface area contributed by atoms with Crippen molar-refractivity contribution in [1.82, 2.24) is 15.5 Å². The molecule has 2 fully saturated rings. The summed E-state index contributed by atoms with van der Waals surface area (Å²) in [5.74, 6) is 1.51. The molecule has 4 atom stereocenters. The molecule has 0 aromatic rings. The number of piperidine rings is 2. The summed E-state index contributed by atoms with van der Waals surface area (Å²) in [6.07, 6.45) is 2.07. The molecule has 2 rings (SSSR count). The minimum absolute atomic E-state index is 0.207. The molecule has 1 amide bonds. The summed E-state index contributed by atoms with van der Waals surface area (Å²) >= 11 is 0. The first-order valence-electron chi connectivity index (χ1n) is 7.27. The molecule has 4 unspecified atom stereocenters. The SMILES string of the molecule is CC1CN(C)CCC1NC(=O)C1CCNCC1C. The third kappa shape index (κ3) is 3.23. The summed E-state index contributed by atoms with van der Waals surface area (Å²) in [6, 6.07) is 0.371.